The Morgan fingerprint density at radius 2 is 2.10 bits per heavy atom. The number of carbonyl (C=O) groups excluding carboxylic acids is 1. The molecule has 1 unspecified atom stereocenters. The highest BCUT2D eigenvalue weighted by molar-refractivity contribution is 14.1. The number of benzene rings is 1. The summed E-state index contributed by atoms with van der Waals surface area (Å²) in [5.74, 6) is 0.0472. The second-order valence-electron chi connectivity index (χ2n) is 5.30. The van der Waals surface area contributed by atoms with Crippen LogP contribution < -0.4 is 5.32 Å². The van der Waals surface area contributed by atoms with Crippen molar-refractivity contribution in [1.82, 2.24) is 9.47 Å². The topological polar surface area (TPSA) is 37.3 Å². The summed E-state index contributed by atoms with van der Waals surface area (Å²) >= 11 is 2.24. The van der Waals surface area contributed by atoms with Gasteiger partial charge < -0.3 is 9.88 Å². The molecule has 1 aromatic heterocycles. The molecule has 1 aromatic carbocycles. The number of para-hydroxylation sites is 1. The van der Waals surface area contributed by atoms with Gasteiger partial charge in [0.2, 0.25) is 5.91 Å². The fraction of sp³-hybridized carbons (Fsp3) is 0.312. The lowest BCUT2D eigenvalue weighted by Crippen LogP contribution is -2.41. The fourth-order valence-corrected chi connectivity index (χ4v) is 3.30. The number of carbonyl (C=O) groups is 1. The first-order valence-electron chi connectivity index (χ1n) is 7.08. The Kier molecular flexibility index (Phi) is 4.30. The Bertz CT molecular complexity index is 652. The van der Waals surface area contributed by atoms with E-state index in [0.717, 1.165) is 22.3 Å². The molecule has 21 heavy (non-hydrogen) atoms. The van der Waals surface area contributed by atoms with E-state index in [0.29, 0.717) is 6.54 Å². The van der Waals surface area contributed by atoms with Gasteiger partial charge in [0.25, 0.3) is 0 Å². The lowest BCUT2D eigenvalue weighted by Gasteiger charge is -2.34. The van der Waals surface area contributed by atoms with Gasteiger partial charge in [-0.1, -0.05) is 12.1 Å². The number of hydrogen-bond acceptors (Lipinski definition) is 2. The molecular weight excluding hydrogens is 377 g/mol. The molecule has 0 bridgehead atoms. The minimum Gasteiger partial charge on any atom is -0.349 e. The number of aromatic nitrogens is 1. The molecule has 110 valence electrons. The molecule has 3 rings (SSSR count). The van der Waals surface area contributed by atoms with E-state index in [1.165, 1.54) is 5.69 Å². The van der Waals surface area contributed by atoms with Crippen LogP contribution in [-0.4, -0.2) is 28.5 Å². The highest BCUT2D eigenvalue weighted by Crippen LogP contribution is 2.25. The van der Waals surface area contributed by atoms with Crippen LogP contribution in [-0.2, 0) is 11.3 Å². The van der Waals surface area contributed by atoms with Crippen LogP contribution in [0.25, 0.3) is 0 Å². The van der Waals surface area contributed by atoms with Crippen LogP contribution in [0, 0.1) is 3.57 Å². The Hall–Kier alpha value is -1.34. The molecule has 1 aliphatic heterocycles. The van der Waals surface area contributed by atoms with Gasteiger partial charge in [0.15, 0.2) is 0 Å². The van der Waals surface area contributed by atoms with Gasteiger partial charge in [-0.25, -0.2) is 0 Å². The van der Waals surface area contributed by atoms with E-state index >= 15 is 0 Å². The number of anilines is 1. The number of fused-ring (bicyclic) bond motifs is 1. The highest BCUT2D eigenvalue weighted by Gasteiger charge is 2.25. The van der Waals surface area contributed by atoms with E-state index in [4.69, 9.17) is 0 Å². The van der Waals surface area contributed by atoms with Crippen LogP contribution in [0.5, 0.6) is 0 Å². The van der Waals surface area contributed by atoms with Crippen molar-refractivity contribution in [2.24, 2.45) is 0 Å². The van der Waals surface area contributed by atoms with E-state index < -0.39 is 0 Å². The van der Waals surface area contributed by atoms with Crippen LogP contribution in [0.4, 0.5) is 5.69 Å². The molecule has 0 saturated heterocycles. The van der Waals surface area contributed by atoms with Gasteiger partial charge in [-0.3, -0.25) is 9.69 Å². The first kappa shape index (κ1) is 14.6. The average molecular weight is 395 g/mol. The van der Waals surface area contributed by atoms with Crippen molar-refractivity contribution in [1.29, 1.82) is 0 Å². The summed E-state index contributed by atoms with van der Waals surface area (Å²) in [6.45, 7) is 4.44. The molecule has 1 N–H and O–H groups in total. The van der Waals surface area contributed by atoms with Crippen molar-refractivity contribution in [3.05, 3.63) is 51.9 Å². The first-order chi connectivity index (χ1) is 10.1. The van der Waals surface area contributed by atoms with Crippen molar-refractivity contribution in [2.45, 2.75) is 19.5 Å². The second kappa shape index (κ2) is 6.19. The molecule has 0 aliphatic carbocycles. The van der Waals surface area contributed by atoms with E-state index in [-0.39, 0.29) is 11.9 Å². The zero-order valence-electron chi connectivity index (χ0n) is 11.9. The third kappa shape index (κ3) is 3.13. The van der Waals surface area contributed by atoms with Gasteiger partial charge in [-0.05, 0) is 53.8 Å². The Morgan fingerprint density at radius 3 is 2.90 bits per heavy atom. The molecule has 2 aromatic rings. The van der Waals surface area contributed by atoms with Crippen molar-refractivity contribution < 1.29 is 4.79 Å². The fourth-order valence-electron chi connectivity index (χ4n) is 2.78. The first-order valence-corrected chi connectivity index (χ1v) is 8.16. The second-order valence-corrected chi connectivity index (χ2v) is 6.46. The minimum absolute atomic E-state index is 0.0472. The highest BCUT2D eigenvalue weighted by atomic mass is 127. The number of nitrogens with one attached hydrogen (secondary N) is 1. The van der Waals surface area contributed by atoms with Crippen LogP contribution in [0.2, 0.25) is 0 Å². The summed E-state index contributed by atoms with van der Waals surface area (Å²) < 4.78 is 3.32. The zero-order chi connectivity index (χ0) is 14.8. The van der Waals surface area contributed by atoms with Gasteiger partial charge >= 0.3 is 0 Å². The molecule has 1 amide bonds. The van der Waals surface area contributed by atoms with Gasteiger partial charge in [-0.15, -0.1) is 0 Å². The van der Waals surface area contributed by atoms with Crippen LogP contribution >= 0.6 is 22.6 Å². The van der Waals surface area contributed by atoms with Crippen LogP contribution in [0.3, 0.4) is 0 Å². The number of nitrogens with zero attached hydrogens (tertiary/aromatic N) is 2. The standard InChI is InChI=1S/C16H18IN3O/c1-12-15-7-4-8-19(15)9-10-20(12)11-16(21)18-14-6-3-2-5-13(14)17/h2-8,12H,9-11H2,1H3,(H,18,21). The molecule has 2 heterocycles. The van der Waals surface area contributed by atoms with Crippen molar-refractivity contribution in [3.8, 4) is 0 Å². The van der Waals surface area contributed by atoms with Gasteiger partial charge in [0.1, 0.15) is 0 Å². The molecule has 5 heteroatoms. The van der Waals surface area contributed by atoms with Crippen molar-refractivity contribution in [3.63, 3.8) is 0 Å². The molecule has 1 aliphatic rings. The lowest BCUT2D eigenvalue weighted by atomic mass is 10.1. The third-order valence-electron chi connectivity index (χ3n) is 3.96. The Labute approximate surface area is 138 Å². The quantitative estimate of drug-likeness (QED) is 0.812. The monoisotopic (exact) mass is 395 g/mol. The Balaban J connectivity index is 1.65. The maximum Gasteiger partial charge on any atom is 0.238 e. The van der Waals surface area contributed by atoms with Gasteiger partial charge in [0, 0.05) is 34.6 Å². The zero-order valence-corrected chi connectivity index (χ0v) is 14.1. The van der Waals surface area contributed by atoms with Crippen LogP contribution in [0.15, 0.2) is 42.6 Å². The van der Waals surface area contributed by atoms with Crippen LogP contribution in [0.1, 0.15) is 18.7 Å². The average Bonchev–Trinajstić information content (AvgIpc) is 2.94. The summed E-state index contributed by atoms with van der Waals surface area (Å²) in [5, 5.41) is 3.00. The maximum atomic E-state index is 12.3. The summed E-state index contributed by atoms with van der Waals surface area (Å²) in [6.07, 6.45) is 2.11. The summed E-state index contributed by atoms with van der Waals surface area (Å²) in [5.41, 5.74) is 2.17. The van der Waals surface area contributed by atoms with E-state index in [2.05, 4.69) is 62.6 Å². The number of amides is 1. The van der Waals surface area contributed by atoms with Crippen molar-refractivity contribution >= 4 is 34.2 Å². The van der Waals surface area contributed by atoms with Gasteiger partial charge in [0.05, 0.1) is 12.2 Å². The molecule has 0 spiro atoms. The number of hydrogen-bond donors (Lipinski definition) is 1. The Morgan fingerprint density at radius 1 is 1.29 bits per heavy atom. The largest absolute Gasteiger partial charge is 0.349 e. The molecular formula is C16H18IN3O. The predicted molar refractivity (Wildman–Crippen MR) is 92.2 cm³/mol. The summed E-state index contributed by atoms with van der Waals surface area (Å²) in [4.78, 5) is 14.5. The lowest BCUT2D eigenvalue weighted by molar-refractivity contribution is -0.118. The van der Waals surface area contributed by atoms with E-state index in [1.54, 1.807) is 0 Å². The smallest absolute Gasteiger partial charge is 0.238 e. The van der Waals surface area contributed by atoms with E-state index in [9.17, 15) is 4.79 Å². The SMILES string of the molecule is CC1c2cccn2CCN1CC(=O)Nc1ccccc1I. The third-order valence-corrected chi connectivity index (χ3v) is 4.90. The maximum absolute atomic E-state index is 12.3. The number of rotatable bonds is 3. The van der Waals surface area contributed by atoms with Gasteiger partial charge in [-0.2, -0.15) is 0 Å². The predicted octanol–water partition coefficient (Wildman–Crippen LogP) is 3.11. The normalized spacial score (nSPS) is 18.3. The molecule has 0 radical (unpaired) electrons. The molecule has 0 fully saturated rings. The molecule has 1 atom stereocenters. The summed E-state index contributed by atoms with van der Waals surface area (Å²) in [7, 11) is 0. The van der Waals surface area contributed by atoms with Crippen molar-refractivity contribution in [2.75, 3.05) is 18.4 Å². The molecule has 0 saturated carbocycles. The minimum atomic E-state index is 0.0472. The molecule has 4 nitrogen and oxygen atoms in total. The number of halogens is 1. The van der Waals surface area contributed by atoms with E-state index in [1.807, 2.05) is 24.3 Å². The summed E-state index contributed by atoms with van der Waals surface area (Å²) in [6, 6.07) is 12.3.